The van der Waals surface area contributed by atoms with Crippen LogP contribution in [0.4, 0.5) is 5.95 Å². The van der Waals surface area contributed by atoms with Gasteiger partial charge in [-0.2, -0.15) is 10.1 Å². The van der Waals surface area contributed by atoms with Gasteiger partial charge in [0.15, 0.2) is 28.8 Å². The summed E-state index contributed by atoms with van der Waals surface area (Å²) in [5.41, 5.74) is 4.29. The molecule has 0 saturated carbocycles. The molecule has 10 nitrogen and oxygen atoms in total. The quantitative estimate of drug-likeness (QED) is 0.288. The molecule has 1 aromatic heterocycles. The summed E-state index contributed by atoms with van der Waals surface area (Å²) < 4.78 is 30.2. The van der Waals surface area contributed by atoms with Gasteiger partial charge in [0, 0.05) is 17.7 Å². The summed E-state index contributed by atoms with van der Waals surface area (Å²) in [6, 6.07) is 19.0. The molecule has 0 bridgehead atoms. The molecule has 2 atom stereocenters. The fraction of sp³-hybridized carbons (Fsp3) is 0.281. The number of nitrogens with zero attached hydrogens (tertiary/aromatic N) is 3. The fourth-order valence-corrected chi connectivity index (χ4v) is 5.74. The zero-order valence-corrected chi connectivity index (χ0v) is 23.9. The Bertz CT molecular complexity index is 1620. The first-order valence-electron chi connectivity index (χ1n) is 13.6. The van der Waals surface area contributed by atoms with E-state index in [0.717, 1.165) is 22.4 Å². The number of Topliss-reactive ketones (excluding diaryl/α,β-unsaturated/α-hetero) is 1. The summed E-state index contributed by atoms with van der Waals surface area (Å²) in [6.07, 6.45) is 2.40. The minimum absolute atomic E-state index is 0.0243. The average Bonchev–Trinajstić information content (AvgIpc) is 3.50. The molecular formula is C32H32N4O6. The Morgan fingerprint density at radius 1 is 0.833 bits per heavy atom. The molecule has 6 rings (SSSR count). The lowest BCUT2D eigenvalue weighted by molar-refractivity contribution is -0.116. The zero-order chi connectivity index (χ0) is 29.2. The van der Waals surface area contributed by atoms with E-state index in [1.165, 1.54) is 6.33 Å². The van der Waals surface area contributed by atoms with Crippen LogP contribution in [0, 0.1) is 0 Å². The number of ether oxygens (including phenoxy) is 5. The molecule has 1 N–H and O–H groups in total. The lowest BCUT2D eigenvalue weighted by Crippen LogP contribution is -2.33. The van der Waals surface area contributed by atoms with Gasteiger partial charge in [-0.05, 0) is 53.3 Å². The number of allylic oxidation sites excluding steroid dienone is 2. The molecule has 0 fully saturated rings. The number of anilines is 1. The van der Waals surface area contributed by atoms with Crippen molar-refractivity contribution >= 4 is 11.7 Å². The van der Waals surface area contributed by atoms with Crippen molar-refractivity contribution in [3.8, 4) is 28.7 Å². The Morgan fingerprint density at radius 2 is 1.55 bits per heavy atom. The highest BCUT2D eigenvalue weighted by molar-refractivity contribution is 6.00. The molecular weight excluding hydrogens is 536 g/mol. The Balaban J connectivity index is 1.37. The number of benzene rings is 3. The van der Waals surface area contributed by atoms with E-state index >= 15 is 0 Å². The summed E-state index contributed by atoms with van der Waals surface area (Å²) in [5.74, 6) is 3.29. The molecule has 42 heavy (non-hydrogen) atoms. The normalized spacial score (nSPS) is 17.6. The van der Waals surface area contributed by atoms with Crippen LogP contribution in [0.2, 0.25) is 0 Å². The second-order valence-corrected chi connectivity index (χ2v) is 10.1. The van der Waals surface area contributed by atoms with E-state index in [2.05, 4.69) is 15.4 Å². The molecule has 0 saturated heterocycles. The minimum Gasteiger partial charge on any atom is -0.493 e. The first-order valence-corrected chi connectivity index (χ1v) is 13.6. The molecule has 0 radical (unpaired) electrons. The molecule has 216 valence electrons. The van der Waals surface area contributed by atoms with Gasteiger partial charge >= 0.3 is 0 Å². The molecule has 2 aliphatic rings. The van der Waals surface area contributed by atoms with Crippen LogP contribution in [0.3, 0.4) is 0 Å². The van der Waals surface area contributed by atoms with Crippen LogP contribution in [0.25, 0.3) is 0 Å². The molecule has 4 aromatic rings. The van der Waals surface area contributed by atoms with Crippen LogP contribution in [-0.4, -0.2) is 49.0 Å². The maximum Gasteiger partial charge on any atom is 0.226 e. The second-order valence-electron chi connectivity index (χ2n) is 10.1. The standard InChI is InChI=1S/C32H32N4O6/c1-38-25-11-10-20(14-26(25)42-17-19-8-6-5-7-9-19)30-29-23(35-32-33-18-34-36(30)32)12-21(13-24(29)37)22-15-27(39-2)31(41-4)28(16-22)40-3/h5-11,14-16,18,21,30H,12-13,17H2,1-4H3,(H,33,34,35)/t21-,30-/m1/s1. The third-order valence-corrected chi connectivity index (χ3v) is 7.76. The number of hydrogen-bond donors (Lipinski definition) is 1. The van der Waals surface area contributed by atoms with Crippen molar-refractivity contribution in [1.29, 1.82) is 0 Å². The van der Waals surface area contributed by atoms with Crippen molar-refractivity contribution in [2.75, 3.05) is 33.8 Å². The number of aromatic nitrogens is 3. The van der Waals surface area contributed by atoms with E-state index in [1.54, 1.807) is 33.1 Å². The number of methoxy groups -OCH3 is 4. The fourth-order valence-electron chi connectivity index (χ4n) is 5.74. The number of fused-ring (bicyclic) bond motifs is 1. The lowest BCUT2D eigenvalue weighted by atomic mass is 9.77. The number of carbonyl (C=O) groups excluding carboxylic acids is 1. The summed E-state index contributed by atoms with van der Waals surface area (Å²) >= 11 is 0. The van der Waals surface area contributed by atoms with Gasteiger partial charge in [-0.25, -0.2) is 4.68 Å². The van der Waals surface area contributed by atoms with Gasteiger partial charge in [0.2, 0.25) is 11.7 Å². The molecule has 10 heteroatoms. The van der Waals surface area contributed by atoms with Gasteiger partial charge in [-0.15, -0.1) is 0 Å². The van der Waals surface area contributed by atoms with E-state index < -0.39 is 6.04 Å². The zero-order valence-electron chi connectivity index (χ0n) is 23.9. The van der Waals surface area contributed by atoms with Crippen molar-refractivity contribution in [3.63, 3.8) is 0 Å². The van der Waals surface area contributed by atoms with Crippen LogP contribution in [-0.2, 0) is 11.4 Å². The van der Waals surface area contributed by atoms with Gasteiger partial charge in [-0.3, -0.25) is 4.79 Å². The Kier molecular flexibility index (Phi) is 7.43. The van der Waals surface area contributed by atoms with Crippen LogP contribution >= 0.6 is 0 Å². The largest absolute Gasteiger partial charge is 0.493 e. The smallest absolute Gasteiger partial charge is 0.226 e. The molecule has 0 amide bonds. The average molecular weight is 569 g/mol. The highest BCUT2D eigenvalue weighted by atomic mass is 16.5. The van der Waals surface area contributed by atoms with Crippen molar-refractivity contribution in [2.24, 2.45) is 0 Å². The molecule has 3 aromatic carbocycles. The second kappa shape index (κ2) is 11.5. The third-order valence-electron chi connectivity index (χ3n) is 7.76. The third kappa shape index (κ3) is 4.89. The number of rotatable bonds is 9. The molecule has 0 spiro atoms. The topological polar surface area (TPSA) is 106 Å². The molecule has 1 aliphatic carbocycles. The predicted octanol–water partition coefficient (Wildman–Crippen LogP) is 5.31. The predicted molar refractivity (Wildman–Crippen MR) is 156 cm³/mol. The highest BCUT2D eigenvalue weighted by Gasteiger charge is 2.40. The Morgan fingerprint density at radius 3 is 2.24 bits per heavy atom. The van der Waals surface area contributed by atoms with Crippen LogP contribution in [0.15, 0.2) is 78.3 Å². The van der Waals surface area contributed by atoms with Crippen LogP contribution in [0.1, 0.15) is 41.5 Å². The Hall–Kier alpha value is -4.99. The van der Waals surface area contributed by atoms with Crippen molar-refractivity contribution in [2.45, 2.75) is 31.4 Å². The molecule has 1 aliphatic heterocycles. The van der Waals surface area contributed by atoms with Crippen LogP contribution < -0.4 is 29.0 Å². The van der Waals surface area contributed by atoms with Gasteiger partial charge in [-0.1, -0.05) is 36.4 Å². The molecule has 0 unspecified atom stereocenters. The lowest BCUT2D eigenvalue weighted by Gasteiger charge is -2.35. The van der Waals surface area contributed by atoms with E-state index in [9.17, 15) is 4.79 Å². The maximum absolute atomic E-state index is 14.0. The highest BCUT2D eigenvalue weighted by Crippen LogP contribution is 2.47. The van der Waals surface area contributed by atoms with Crippen LogP contribution in [0.5, 0.6) is 28.7 Å². The van der Waals surface area contributed by atoms with Gasteiger partial charge in [0.1, 0.15) is 19.0 Å². The first kappa shape index (κ1) is 27.2. The summed E-state index contributed by atoms with van der Waals surface area (Å²) in [4.78, 5) is 18.4. The van der Waals surface area contributed by atoms with Crippen molar-refractivity contribution < 1.29 is 28.5 Å². The van der Waals surface area contributed by atoms with E-state index in [4.69, 9.17) is 23.7 Å². The summed E-state index contributed by atoms with van der Waals surface area (Å²) in [6.45, 7) is 0.380. The van der Waals surface area contributed by atoms with Crippen molar-refractivity contribution in [3.05, 3.63) is 95.0 Å². The van der Waals surface area contributed by atoms with Gasteiger partial charge in [0.25, 0.3) is 0 Å². The SMILES string of the molecule is COc1ccc([C@@H]2C3=C(C[C@@H](c4cc(OC)c(OC)c(OC)c4)CC3=O)Nc3ncnn32)cc1OCc1ccccc1. The number of hydrogen-bond acceptors (Lipinski definition) is 9. The maximum atomic E-state index is 14.0. The first-order chi connectivity index (χ1) is 20.5. The van der Waals surface area contributed by atoms with Gasteiger partial charge in [0.05, 0.1) is 28.4 Å². The van der Waals surface area contributed by atoms with Gasteiger partial charge < -0.3 is 29.0 Å². The molecule has 2 heterocycles. The minimum atomic E-state index is -0.475. The number of carbonyl (C=O) groups is 1. The van der Waals surface area contributed by atoms with E-state index in [0.29, 0.717) is 59.7 Å². The number of ketones is 1. The monoisotopic (exact) mass is 568 g/mol. The van der Waals surface area contributed by atoms with E-state index in [1.807, 2.05) is 60.7 Å². The van der Waals surface area contributed by atoms with Crippen molar-refractivity contribution in [1.82, 2.24) is 14.8 Å². The summed E-state index contributed by atoms with van der Waals surface area (Å²) in [5, 5.41) is 7.86. The Labute approximate surface area is 243 Å². The number of nitrogens with one attached hydrogen (secondary N) is 1. The van der Waals surface area contributed by atoms with E-state index in [-0.39, 0.29) is 11.7 Å². The summed E-state index contributed by atoms with van der Waals surface area (Å²) in [7, 11) is 6.35.